The standard InChI is InChI=1S/C22H22F4N4O2.C4H4O4/c23-14-1-3-16(4-2-14)30-12-17-11-28(5-6-29(17)22(30)32)21(31)9-15(27)7-13-8-19(25)20(26)10-18(13)24;5-3(6)1-2-4(7)8/h1-4,8,10,15,17H,5-7,9,11-12,27H2;1-2H,(H,5,6)(H,7,8)/b;2-1+/t15-,17?;/m1./s1. The second-order valence-electron chi connectivity index (χ2n) is 9.09. The van der Waals surface area contributed by atoms with E-state index in [1.165, 1.54) is 24.3 Å². The molecule has 40 heavy (non-hydrogen) atoms. The average molecular weight is 567 g/mol. The molecule has 0 bridgehead atoms. The first-order valence-electron chi connectivity index (χ1n) is 12.0. The molecular formula is C26H26F4N4O6. The van der Waals surface area contributed by atoms with Crippen LogP contribution in [0.25, 0.3) is 0 Å². The summed E-state index contributed by atoms with van der Waals surface area (Å²) in [6.07, 6.45) is 0.903. The molecule has 0 saturated carbocycles. The van der Waals surface area contributed by atoms with Gasteiger partial charge in [0.2, 0.25) is 5.91 Å². The maximum atomic E-state index is 13.8. The third-order valence-corrected chi connectivity index (χ3v) is 6.22. The summed E-state index contributed by atoms with van der Waals surface area (Å²) >= 11 is 0. The molecule has 0 radical (unpaired) electrons. The number of carboxylic acid groups (broad SMARTS) is 2. The summed E-state index contributed by atoms with van der Waals surface area (Å²) in [7, 11) is 0. The number of carbonyl (C=O) groups is 4. The number of hydrogen-bond acceptors (Lipinski definition) is 5. The Bertz CT molecular complexity index is 1290. The fourth-order valence-electron chi connectivity index (χ4n) is 4.34. The van der Waals surface area contributed by atoms with Gasteiger partial charge in [0.25, 0.3) is 0 Å². The lowest BCUT2D eigenvalue weighted by Crippen LogP contribution is -2.54. The van der Waals surface area contributed by atoms with Crippen molar-refractivity contribution in [1.29, 1.82) is 0 Å². The zero-order valence-corrected chi connectivity index (χ0v) is 21.0. The summed E-state index contributed by atoms with van der Waals surface area (Å²) in [5, 5.41) is 15.6. The van der Waals surface area contributed by atoms with E-state index >= 15 is 0 Å². The third-order valence-electron chi connectivity index (χ3n) is 6.22. The van der Waals surface area contributed by atoms with Gasteiger partial charge in [-0.15, -0.1) is 0 Å². The summed E-state index contributed by atoms with van der Waals surface area (Å²) in [6.45, 7) is 1.35. The Hall–Kier alpha value is -4.46. The minimum atomic E-state index is -1.28. The van der Waals surface area contributed by atoms with Crippen molar-refractivity contribution in [1.82, 2.24) is 9.80 Å². The molecule has 10 nitrogen and oxygen atoms in total. The Balaban J connectivity index is 0.000000482. The van der Waals surface area contributed by atoms with Crippen molar-refractivity contribution < 1.29 is 47.0 Å². The molecule has 0 aromatic heterocycles. The van der Waals surface area contributed by atoms with Crippen LogP contribution in [0.15, 0.2) is 48.6 Å². The van der Waals surface area contributed by atoms with E-state index in [2.05, 4.69) is 0 Å². The SMILES string of the molecule is N[C@@H](CC(=O)N1CCN2C(=O)N(c3ccc(F)cc3)CC2C1)Cc1cc(F)c(F)cc1F.O=C(O)/C=C/C(=O)O. The van der Waals surface area contributed by atoms with Gasteiger partial charge in [0.15, 0.2) is 11.6 Å². The molecule has 2 fully saturated rings. The number of rotatable bonds is 7. The van der Waals surface area contributed by atoms with E-state index in [4.69, 9.17) is 15.9 Å². The fourth-order valence-corrected chi connectivity index (χ4v) is 4.34. The number of hydrogen-bond donors (Lipinski definition) is 3. The van der Waals surface area contributed by atoms with Crippen LogP contribution in [0.1, 0.15) is 12.0 Å². The van der Waals surface area contributed by atoms with Crippen molar-refractivity contribution in [2.75, 3.05) is 31.1 Å². The molecule has 2 aliphatic rings. The van der Waals surface area contributed by atoms with Crippen molar-refractivity contribution in [3.8, 4) is 0 Å². The molecular weight excluding hydrogens is 540 g/mol. The van der Waals surface area contributed by atoms with Crippen LogP contribution < -0.4 is 10.6 Å². The van der Waals surface area contributed by atoms with Crippen LogP contribution in [0.4, 0.5) is 28.0 Å². The Morgan fingerprint density at radius 1 is 0.925 bits per heavy atom. The number of nitrogens with two attached hydrogens (primary N) is 1. The van der Waals surface area contributed by atoms with Crippen LogP contribution >= 0.6 is 0 Å². The number of aliphatic carboxylic acids is 2. The monoisotopic (exact) mass is 566 g/mol. The minimum Gasteiger partial charge on any atom is -0.478 e. The van der Waals surface area contributed by atoms with Crippen molar-refractivity contribution >= 4 is 29.6 Å². The molecule has 4 rings (SSSR count). The van der Waals surface area contributed by atoms with Gasteiger partial charge in [0, 0.05) is 62.5 Å². The Morgan fingerprint density at radius 3 is 2.12 bits per heavy atom. The van der Waals surface area contributed by atoms with Crippen molar-refractivity contribution in [3.05, 3.63) is 77.4 Å². The summed E-state index contributed by atoms with van der Waals surface area (Å²) in [6, 6.07) is 5.66. The molecule has 0 aliphatic carbocycles. The Morgan fingerprint density at radius 2 is 1.52 bits per heavy atom. The molecule has 1 unspecified atom stereocenters. The van der Waals surface area contributed by atoms with Gasteiger partial charge in [0.1, 0.15) is 11.6 Å². The van der Waals surface area contributed by atoms with Gasteiger partial charge in [-0.3, -0.25) is 9.69 Å². The molecule has 2 saturated heterocycles. The zero-order valence-electron chi connectivity index (χ0n) is 21.0. The van der Waals surface area contributed by atoms with Crippen LogP contribution in [0.5, 0.6) is 0 Å². The van der Waals surface area contributed by atoms with Gasteiger partial charge in [-0.2, -0.15) is 0 Å². The summed E-state index contributed by atoms with van der Waals surface area (Å²) in [4.78, 5) is 49.4. The van der Waals surface area contributed by atoms with Gasteiger partial charge in [-0.25, -0.2) is 31.9 Å². The van der Waals surface area contributed by atoms with Gasteiger partial charge in [-0.05, 0) is 42.3 Å². The normalized spacial score (nSPS) is 17.4. The highest BCUT2D eigenvalue weighted by Crippen LogP contribution is 2.27. The number of amides is 3. The van der Waals surface area contributed by atoms with E-state index in [1.807, 2.05) is 0 Å². The van der Waals surface area contributed by atoms with Gasteiger partial charge in [-0.1, -0.05) is 0 Å². The van der Waals surface area contributed by atoms with E-state index in [0.717, 1.165) is 6.07 Å². The predicted molar refractivity (Wildman–Crippen MR) is 133 cm³/mol. The van der Waals surface area contributed by atoms with Gasteiger partial charge < -0.3 is 25.7 Å². The minimum absolute atomic E-state index is 0.0923. The summed E-state index contributed by atoms with van der Waals surface area (Å²) < 4.78 is 53.5. The number of carboxylic acids is 2. The first-order valence-corrected chi connectivity index (χ1v) is 12.0. The van der Waals surface area contributed by atoms with Crippen molar-refractivity contribution in [3.63, 3.8) is 0 Å². The number of halogens is 4. The third kappa shape index (κ3) is 7.79. The largest absolute Gasteiger partial charge is 0.478 e. The summed E-state index contributed by atoms with van der Waals surface area (Å²) in [5.74, 6) is -6.53. The molecule has 3 amide bonds. The van der Waals surface area contributed by atoms with Crippen LogP contribution in [-0.4, -0.2) is 82.2 Å². The maximum absolute atomic E-state index is 13.8. The van der Waals surface area contributed by atoms with Crippen LogP contribution in [-0.2, 0) is 20.8 Å². The molecule has 14 heteroatoms. The van der Waals surface area contributed by atoms with E-state index < -0.39 is 41.2 Å². The van der Waals surface area contributed by atoms with E-state index in [9.17, 15) is 36.7 Å². The predicted octanol–water partition coefficient (Wildman–Crippen LogP) is 2.37. The Kier molecular flexibility index (Phi) is 9.82. The molecule has 2 atom stereocenters. The number of fused-ring (bicyclic) bond motifs is 1. The van der Waals surface area contributed by atoms with Crippen LogP contribution in [0.3, 0.4) is 0 Å². The number of anilines is 1. The number of urea groups is 1. The number of benzene rings is 2. The number of nitrogens with zero attached hydrogens (tertiary/aromatic N) is 3. The molecule has 214 valence electrons. The molecule has 2 aromatic carbocycles. The summed E-state index contributed by atoms with van der Waals surface area (Å²) in [5.41, 5.74) is 6.47. The molecule has 2 heterocycles. The Labute approximate surface area is 225 Å². The van der Waals surface area contributed by atoms with Gasteiger partial charge >= 0.3 is 18.0 Å². The smallest absolute Gasteiger partial charge is 0.328 e. The lowest BCUT2D eigenvalue weighted by atomic mass is 10.0. The highest BCUT2D eigenvalue weighted by molar-refractivity contribution is 5.95. The molecule has 4 N–H and O–H groups in total. The second kappa shape index (κ2) is 13.1. The van der Waals surface area contributed by atoms with Gasteiger partial charge in [0.05, 0.1) is 6.04 Å². The fraction of sp³-hybridized carbons (Fsp3) is 0.308. The van der Waals surface area contributed by atoms with Crippen molar-refractivity contribution in [2.45, 2.75) is 24.9 Å². The molecule has 2 aliphatic heterocycles. The van der Waals surface area contributed by atoms with Crippen LogP contribution in [0.2, 0.25) is 0 Å². The maximum Gasteiger partial charge on any atom is 0.328 e. The first-order chi connectivity index (χ1) is 18.8. The van der Waals surface area contributed by atoms with Crippen LogP contribution in [0, 0.1) is 23.3 Å². The quantitative estimate of drug-likeness (QED) is 0.265. The molecule has 2 aromatic rings. The van der Waals surface area contributed by atoms with Crippen molar-refractivity contribution in [2.24, 2.45) is 5.73 Å². The number of carbonyl (C=O) groups excluding carboxylic acids is 2. The van der Waals surface area contributed by atoms with E-state index in [1.54, 1.807) is 14.7 Å². The number of piperazine rings is 1. The topological polar surface area (TPSA) is 144 Å². The second-order valence-corrected chi connectivity index (χ2v) is 9.09. The lowest BCUT2D eigenvalue weighted by Gasteiger charge is -2.36. The van der Waals surface area contributed by atoms with E-state index in [0.29, 0.717) is 50.1 Å². The highest BCUT2D eigenvalue weighted by Gasteiger charge is 2.42. The highest BCUT2D eigenvalue weighted by atomic mass is 19.2. The lowest BCUT2D eigenvalue weighted by molar-refractivity contribution is -0.134. The average Bonchev–Trinajstić information content (AvgIpc) is 3.22. The first kappa shape index (κ1) is 30.1. The molecule has 0 spiro atoms. The zero-order chi connectivity index (χ0) is 29.6. The van der Waals surface area contributed by atoms with E-state index in [-0.39, 0.29) is 36.4 Å².